The van der Waals surface area contributed by atoms with Crippen LogP contribution in [0.25, 0.3) is 0 Å². The standard InChI is InChI=1S/C13H16N4OS2/c1-9-4-5-10(14)7-11(9)16-12(18)3-2-6-19-13-17-15-8-20-13/h4-5,7-8H,2-3,6,14H2,1H3,(H,16,18). The Morgan fingerprint density at radius 1 is 1.50 bits per heavy atom. The summed E-state index contributed by atoms with van der Waals surface area (Å²) in [4.78, 5) is 11.9. The first-order valence-corrected chi connectivity index (χ1v) is 8.06. The van der Waals surface area contributed by atoms with E-state index in [9.17, 15) is 4.79 Å². The minimum atomic E-state index is 0.0107. The van der Waals surface area contributed by atoms with Gasteiger partial charge in [0, 0.05) is 23.5 Å². The van der Waals surface area contributed by atoms with Crippen LogP contribution in [0.2, 0.25) is 0 Å². The zero-order valence-corrected chi connectivity index (χ0v) is 12.8. The van der Waals surface area contributed by atoms with Gasteiger partial charge in [-0.15, -0.1) is 10.2 Å². The fourth-order valence-electron chi connectivity index (χ4n) is 1.61. The number of hydrogen-bond donors (Lipinski definition) is 2. The average molecular weight is 308 g/mol. The van der Waals surface area contributed by atoms with Crippen molar-refractivity contribution in [2.75, 3.05) is 16.8 Å². The molecule has 0 bridgehead atoms. The van der Waals surface area contributed by atoms with E-state index in [2.05, 4.69) is 15.5 Å². The van der Waals surface area contributed by atoms with Gasteiger partial charge >= 0.3 is 0 Å². The second kappa shape index (κ2) is 7.25. The molecule has 1 aromatic carbocycles. The fourth-order valence-corrected chi connectivity index (χ4v) is 3.10. The van der Waals surface area contributed by atoms with E-state index in [1.807, 2.05) is 19.1 Å². The summed E-state index contributed by atoms with van der Waals surface area (Å²) in [5.41, 5.74) is 9.86. The van der Waals surface area contributed by atoms with Gasteiger partial charge in [-0.1, -0.05) is 29.2 Å². The molecule has 0 radical (unpaired) electrons. The first-order chi connectivity index (χ1) is 9.65. The number of nitrogens with two attached hydrogens (primary N) is 1. The molecule has 106 valence electrons. The van der Waals surface area contributed by atoms with Crippen molar-refractivity contribution in [1.82, 2.24) is 10.2 Å². The Hall–Kier alpha value is -1.60. The maximum Gasteiger partial charge on any atom is 0.224 e. The summed E-state index contributed by atoms with van der Waals surface area (Å²) in [5.74, 6) is 0.870. The largest absolute Gasteiger partial charge is 0.399 e. The van der Waals surface area contributed by atoms with Gasteiger partial charge in [0.25, 0.3) is 0 Å². The van der Waals surface area contributed by atoms with Gasteiger partial charge in [0.15, 0.2) is 4.34 Å². The van der Waals surface area contributed by atoms with E-state index in [-0.39, 0.29) is 5.91 Å². The number of carbonyl (C=O) groups is 1. The smallest absolute Gasteiger partial charge is 0.224 e. The maximum absolute atomic E-state index is 11.9. The number of amides is 1. The third-order valence-corrected chi connectivity index (χ3v) is 4.60. The quantitative estimate of drug-likeness (QED) is 0.487. The first-order valence-electron chi connectivity index (χ1n) is 6.20. The number of nitrogens with zero attached hydrogens (tertiary/aromatic N) is 2. The van der Waals surface area contributed by atoms with Crippen molar-refractivity contribution in [3.8, 4) is 0 Å². The molecule has 0 unspecified atom stereocenters. The first kappa shape index (κ1) is 14.8. The molecule has 0 spiro atoms. The highest BCUT2D eigenvalue weighted by atomic mass is 32.2. The number of aryl methyl sites for hydroxylation is 1. The molecule has 0 atom stereocenters. The van der Waals surface area contributed by atoms with Crippen molar-refractivity contribution in [3.63, 3.8) is 0 Å². The number of rotatable bonds is 6. The summed E-state index contributed by atoms with van der Waals surface area (Å²) in [6.07, 6.45) is 1.29. The van der Waals surface area contributed by atoms with Gasteiger partial charge in [-0.05, 0) is 31.0 Å². The molecular weight excluding hydrogens is 292 g/mol. The van der Waals surface area contributed by atoms with Crippen molar-refractivity contribution in [1.29, 1.82) is 0 Å². The summed E-state index contributed by atoms with van der Waals surface area (Å²) in [7, 11) is 0. The highest BCUT2D eigenvalue weighted by Crippen LogP contribution is 2.21. The number of nitrogens with one attached hydrogen (secondary N) is 1. The van der Waals surface area contributed by atoms with Crippen LogP contribution in [0.4, 0.5) is 11.4 Å². The van der Waals surface area contributed by atoms with Crippen molar-refractivity contribution < 1.29 is 4.79 Å². The Morgan fingerprint density at radius 2 is 2.35 bits per heavy atom. The van der Waals surface area contributed by atoms with Crippen molar-refractivity contribution >= 4 is 40.4 Å². The van der Waals surface area contributed by atoms with Crippen LogP contribution in [0.3, 0.4) is 0 Å². The van der Waals surface area contributed by atoms with Crippen LogP contribution in [-0.2, 0) is 4.79 Å². The van der Waals surface area contributed by atoms with Gasteiger partial charge in [0.05, 0.1) is 0 Å². The predicted molar refractivity (Wildman–Crippen MR) is 84.1 cm³/mol. The Kier molecular flexibility index (Phi) is 5.37. The van der Waals surface area contributed by atoms with E-state index in [1.165, 1.54) is 11.3 Å². The number of benzene rings is 1. The minimum Gasteiger partial charge on any atom is -0.399 e. The summed E-state index contributed by atoms with van der Waals surface area (Å²) < 4.78 is 0.942. The second-order valence-electron chi connectivity index (χ2n) is 4.28. The number of thioether (sulfide) groups is 1. The number of anilines is 2. The summed E-state index contributed by atoms with van der Waals surface area (Å²) in [5, 5.41) is 10.6. The number of nitrogen functional groups attached to an aromatic ring is 1. The number of hydrogen-bond acceptors (Lipinski definition) is 6. The molecule has 1 heterocycles. The Morgan fingerprint density at radius 3 is 3.10 bits per heavy atom. The summed E-state index contributed by atoms with van der Waals surface area (Å²) in [6, 6.07) is 5.50. The Bertz CT molecular complexity index is 572. The second-order valence-corrected chi connectivity index (χ2v) is 6.45. The highest BCUT2D eigenvalue weighted by molar-refractivity contribution is 8.00. The molecule has 5 nitrogen and oxygen atoms in total. The van der Waals surface area contributed by atoms with Crippen molar-refractivity contribution in [2.45, 2.75) is 24.1 Å². The molecule has 0 fully saturated rings. The van der Waals surface area contributed by atoms with Crippen LogP contribution in [0.15, 0.2) is 28.0 Å². The molecule has 0 saturated carbocycles. The summed E-state index contributed by atoms with van der Waals surface area (Å²) in [6.45, 7) is 1.94. The number of aromatic nitrogens is 2. The van der Waals surface area contributed by atoms with Crippen molar-refractivity contribution in [3.05, 3.63) is 29.3 Å². The molecule has 2 rings (SSSR count). The average Bonchev–Trinajstić information content (AvgIpc) is 2.92. The molecule has 0 aliphatic rings. The van der Waals surface area contributed by atoms with Crippen LogP contribution in [0.5, 0.6) is 0 Å². The molecule has 3 N–H and O–H groups in total. The lowest BCUT2D eigenvalue weighted by molar-refractivity contribution is -0.116. The lowest BCUT2D eigenvalue weighted by atomic mass is 10.1. The van der Waals surface area contributed by atoms with Gasteiger partial charge in [-0.3, -0.25) is 4.79 Å². The molecule has 0 aliphatic carbocycles. The Balaban J connectivity index is 1.73. The molecule has 2 aromatic rings. The maximum atomic E-state index is 11.9. The third kappa shape index (κ3) is 4.50. The fraction of sp³-hybridized carbons (Fsp3) is 0.308. The molecule has 0 aliphatic heterocycles. The van der Waals surface area contributed by atoms with E-state index < -0.39 is 0 Å². The highest BCUT2D eigenvalue weighted by Gasteiger charge is 2.06. The molecule has 1 amide bonds. The Labute approximate surface area is 126 Å². The van der Waals surface area contributed by atoms with Crippen LogP contribution in [-0.4, -0.2) is 21.9 Å². The molecule has 0 saturated heterocycles. The van der Waals surface area contributed by atoms with E-state index in [0.717, 1.165) is 27.8 Å². The zero-order valence-electron chi connectivity index (χ0n) is 11.1. The molecule has 20 heavy (non-hydrogen) atoms. The van der Waals surface area contributed by atoms with Crippen LogP contribution in [0.1, 0.15) is 18.4 Å². The normalized spacial score (nSPS) is 10.4. The van der Waals surface area contributed by atoms with Gasteiger partial charge in [0.2, 0.25) is 5.91 Å². The number of carbonyl (C=O) groups excluding carboxylic acids is 1. The predicted octanol–water partition coefficient (Wildman–Crippen LogP) is 2.94. The van der Waals surface area contributed by atoms with E-state index in [0.29, 0.717) is 12.1 Å². The van der Waals surface area contributed by atoms with E-state index in [1.54, 1.807) is 23.3 Å². The molecule has 7 heteroatoms. The zero-order chi connectivity index (χ0) is 14.4. The van der Waals surface area contributed by atoms with Gasteiger partial charge in [-0.25, -0.2) is 0 Å². The summed E-state index contributed by atoms with van der Waals surface area (Å²) >= 11 is 3.14. The van der Waals surface area contributed by atoms with Crippen LogP contribution in [0, 0.1) is 6.92 Å². The van der Waals surface area contributed by atoms with Crippen molar-refractivity contribution in [2.24, 2.45) is 0 Å². The van der Waals surface area contributed by atoms with Gasteiger partial charge in [-0.2, -0.15) is 0 Å². The molecular formula is C13H16N4OS2. The van der Waals surface area contributed by atoms with E-state index >= 15 is 0 Å². The van der Waals surface area contributed by atoms with E-state index in [4.69, 9.17) is 5.73 Å². The minimum absolute atomic E-state index is 0.0107. The van der Waals surface area contributed by atoms with Gasteiger partial charge in [0.1, 0.15) is 5.51 Å². The SMILES string of the molecule is Cc1ccc(N)cc1NC(=O)CCCSc1nncs1. The topological polar surface area (TPSA) is 80.9 Å². The monoisotopic (exact) mass is 308 g/mol. The van der Waals surface area contributed by atoms with Crippen LogP contribution >= 0.6 is 23.1 Å². The lowest BCUT2D eigenvalue weighted by Crippen LogP contribution is -2.12. The third-order valence-electron chi connectivity index (χ3n) is 2.65. The molecule has 1 aromatic heterocycles. The lowest BCUT2D eigenvalue weighted by Gasteiger charge is -2.09. The van der Waals surface area contributed by atoms with Crippen LogP contribution < -0.4 is 11.1 Å². The van der Waals surface area contributed by atoms with Gasteiger partial charge < -0.3 is 11.1 Å².